The molecule has 2 fully saturated rings. The summed E-state index contributed by atoms with van der Waals surface area (Å²) in [6.45, 7) is 4.22. The summed E-state index contributed by atoms with van der Waals surface area (Å²) in [7, 11) is 3.08. The molecular formula is C16H24N5O3+. The number of aliphatic imine (C=N–C) groups is 1. The quantitative estimate of drug-likeness (QED) is 0.666. The van der Waals surface area contributed by atoms with Gasteiger partial charge in [0.25, 0.3) is 17.8 Å². The van der Waals surface area contributed by atoms with Crippen molar-refractivity contribution in [3.05, 3.63) is 0 Å². The molecule has 0 aromatic carbocycles. The molecule has 8 heteroatoms. The Kier molecular flexibility index (Phi) is 4.49. The third-order valence-electron chi connectivity index (χ3n) is 4.82. The van der Waals surface area contributed by atoms with Gasteiger partial charge in [0, 0.05) is 14.1 Å². The first kappa shape index (κ1) is 16.8. The molecule has 3 aliphatic rings. The lowest BCUT2D eigenvalue weighted by atomic mass is 10.1. The lowest BCUT2D eigenvalue weighted by molar-refractivity contribution is -0.524. The smallest absolute Gasteiger partial charge is 0.296 e. The number of amides is 3. The third kappa shape index (κ3) is 2.86. The number of rotatable bonds is 4. The number of fused-ring (bicyclic) bond motifs is 1. The fraction of sp³-hybridized carbons (Fsp3) is 0.688. The number of carbonyl (C=O) groups is 3. The third-order valence-corrected chi connectivity index (χ3v) is 4.82. The Morgan fingerprint density at radius 2 is 1.83 bits per heavy atom. The number of hydrogen-bond donors (Lipinski definition) is 0. The van der Waals surface area contributed by atoms with E-state index >= 15 is 0 Å². The van der Waals surface area contributed by atoms with Crippen molar-refractivity contribution in [2.45, 2.75) is 32.2 Å². The van der Waals surface area contributed by atoms with Gasteiger partial charge in [0.2, 0.25) is 0 Å². The molecule has 2 saturated heterocycles. The number of likely N-dealkylation sites (N-methyl/N-ethyl adjacent to an activating group) is 2. The van der Waals surface area contributed by atoms with E-state index in [4.69, 9.17) is 0 Å². The second-order valence-corrected chi connectivity index (χ2v) is 6.69. The minimum Gasteiger partial charge on any atom is -0.296 e. The molecule has 3 heterocycles. The fourth-order valence-corrected chi connectivity index (χ4v) is 3.51. The summed E-state index contributed by atoms with van der Waals surface area (Å²) >= 11 is 0. The van der Waals surface area contributed by atoms with Crippen LogP contribution in [0, 0.1) is 0 Å². The van der Waals surface area contributed by atoms with Crippen molar-refractivity contribution >= 4 is 29.4 Å². The van der Waals surface area contributed by atoms with Gasteiger partial charge in [0.1, 0.15) is 13.1 Å². The molecule has 0 aromatic rings. The molecule has 3 aliphatic heterocycles. The molecule has 0 radical (unpaired) electrons. The minimum atomic E-state index is -0.679. The van der Waals surface area contributed by atoms with Crippen LogP contribution in [-0.4, -0.2) is 95.0 Å². The van der Waals surface area contributed by atoms with E-state index in [1.165, 1.54) is 25.3 Å². The number of imide groups is 1. The van der Waals surface area contributed by atoms with Crippen LogP contribution >= 0.6 is 0 Å². The Labute approximate surface area is 141 Å². The summed E-state index contributed by atoms with van der Waals surface area (Å²) < 4.78 is 1.76. The standard InChI is InChI=1S/C16H24N5O3/c1-11(22)9-21-12(10-20-7-5-4-6-8-20)17-14-13(21)15(23)19(3)16(24)18(14)2/h13H,4-10H2,1-3H3/q+1. The number of piperidine rings is 1. The second kappa shape index (κ2) is 6.43. The number of likely N-dealkylation sites (tertiary alicyclic amines) is 1. The molecule has 3 rings (SSSR count). The Bertz CT molecular complexity index is 648. The van der Waals surface area contributed by atoms with Crippen LogP contribution in [0.1, 0.15) is 26.2 Å². The van der Waals surface area contributed by atoms with Gasteiger partial charge in [0.05, 0.1) is 0 Å². The van der Waals surface area contributed by atoms with Crippen LogP contribution < -0.4 is 0 Å². The molecule has 130 valence electrons. The topological polar surface area (TPSA) is 76.3 Å². The van der Waals surface area contributed by atoms with E-state index in [0.717, 1.165) is 30.8 Å². The van der Waals surface area contributed by atoms with Crippen molar-refractivity contribution < 1.29 is 19.0 Å². The van der Waals surface area contributed by atoms with Crippen molar-refractivity contribution in [2.24, 2.45) is 4.99 Å². The number of urea groups is 1. The van der Waals surface area contributed by atoms with Crippen LogP contribution in [-0.2, 0) is 9.59 Å². The number of hydrogen-bond acceptors (Lipinski definition) is 5. The molecule has 8 nitrogen and oxygen atoms in total. The second-order valence-electron chi connectivity index (χ2n) is 6.69. The molecule has 0 spiro atoms. The van der Waals surface area contributed by atoms with Crippen molar-refractivity contribution in [3.63, 3.8) is 0 Å². The molecule has 0 bridgehead atoms. The van der Waals surface area contributed by atoms with Crippen LogP contribution in [0.4, 0.5) is 4.79 Å². The van der Waals surface area contributed by atoms with Crippen molar-refractivity contribution in [2.75, 3.05) is 40.3 Å². The number of Topliss-reactive ketones (excluding diaryl/α,β-unsaturated/α-hetero) is 1. The lowest BCUT2D eigenvalue weighted by Gasteiger charge is -2.30. The molecule has 1 atom stereocenters. The summed E-state index contributed by atoms with van der Waals surface area (Å²) in [5, 5.41) is 0. The van der Waals surface area contributed by atoms with Crippen LogP contribution in [0.5, 0.6) is 0 Å². The molecule has 3 amide bonds. The largest absolute Gasteiger partial charge is 0.333 e. The van der Waals surface area contributed by atoms with Gasteiger partial charge in [-0.05, 0) is 37.8 Å². The van der Waals surface area contributed by atoms with Crippen molar-refractivity contribution in [1.82, 2.24) is 14.7 Å². The highest BCUT2D eigenvalue weighted by Crippen LogP contribution is 2.20. The predicted molar refractivity (Wildman–Crippen MR) is 88.3 cm³/mol. The summed E-state index contributed by atoms with van der Waals surface area (Å²) in [6.07, 6.45) is 3.54. The van der Waals surface area contributed by atoms with E-state index < -0.39 is 12.1 Å². The molecule has 0 N–H and O–H groups in total. The minimum absolute atomic E-state index is 0.0300. The van der Waals surface area contributed by atoms with E-state index in [1.54, 1.807) is 11.6 Å². The maximum atomic E-state index is 12.6. The van der Waals surface area contributed by atoms with Crippen LogP contribution in [0.15, 0.2) is 4.99 Å². The normalized spacial score (nSPS) is 25.3. The van der Waals surface area contributed by atoms with Crippen LogP contribution in [0.2, 0.25) is 0 Å². The zero-order chi connectivity index (χ0) is 17.4. The van der Waals surface area contributed by atoms with Crippen LogP contribution in [0.3, 0.4) is 0 Å². The molecule has 0 aromatic heterocycles. The average molecular weight is 334 g/mol. The molecular weight excluding hydrogens is 310 g/mol. The van der Waals surface area contributed by atoms with Gasteiger partial charge in [0.15, 0.2) is 5.78 Å². The van der Waals surface area contributed by atoms with E-state index in [0.29, 0.717) is 18.2 Å². The van der Waals surface area contributed by atoms with Gasteiger partial charge < -0.3 is 0 Å². The number of carbonyl (C=O) groups excluding carboxylic acids is 3. The van der Waals surface area contributed by atoms with Crippen molar-refractivity contribution in [1.29, 1.82) is 0 Å². The Morgan fingerprint density at radius 1 is 1.17 bits per heavy atom. The number of nitrogens with zero attached hydrogens (tertiary/aromatic N) is 5. The van der Waals surface area contributed by atoms with Gasteiger partial charge >= 0.3 is 11.9 Å². The highest BCUT2D eigenvalue weighted by Gasteiger charge is 2.53. The molecule has 0 saturated carbocycles. The lowest BCUT2D eigenvalue weighted by Crippen LogP contribution is -2.61. The number of ketones is 1. The Balaban J connectivity index is 1.94. The first-order chi connectivity index (χ1) is 11.4. The van der Waals surface area contributed by atoms with Gasteiger partial charge in [-0.2, -0.15) is 0 Å². The van der Waals surface area contributed by atoms with E-state index in [-0.39, 0.29) is 18.2 Å². The first-order valence-electron chi connectivity index (χ1n) is 8.38. The van der Waals surface area contributed by atoms with Crippen molar-refractivity contribution in [3.8, 4) is 0 Å². The monoisotopic (exact) mass is 334 g/mol. The fourth-order valence-electron chi connectivity index (χ4n) is 3.51. The predicted octanol–water partition coefficient (Wildman–Crippen LogP) is -0.223. The molecule has 24 heavy (non-hydrogen) atoms. The van der Waals surface area contributed by atoms with E-state index in [9.17, 15) is 14.4 Å². The highest BCUT2D eigenvalue weighted by atomic mass is 16.2. The maximum absolute atomic E-state index is 12.6. The van der Waals surface area contributed by atoms with Gasteiger partial charge in [-0.1, -0.05) is 6.42 Å². The zero-order valence-electron chi connectivity index (χ0n) is 14.5. The highest BCUT2D eigenvalue weighted by molar-refractivity contribution is 6.23. The number of amidine groups is 2. The van der Waals surface area contributed by atoms with Gasteiger partial charge in [-0.3, -0.25) is 24.3 Å². The summed E-state index contributed by atoms with van der Waals surface area (Å²) in [5.74, 6) is 0.774. The molecule has 0 aliphatic carbocycles. The van der Waals surface area contributed by atoms with E-state index in [1.807, 2.05) is 0 Å². The Morgan fingerprint density at radius 3 is 2.46 bits per heavy atom. The van der Waals surface area contributed by atoms with Gasteiger partial charge in [-0.25, -0.2) is 9.37 Å². The summed E-state index contributed by atoms with van der Waals surface area (Å²) in [4.78, 5) is 45.9. The Hall–Kier alpha value is -2.09. The zero-order valence-corrected chi connectivity index (χ0v) is 14.5. The van der Waals surface area contributed by atoms with Crippen LogP contribution in [0.25, 0.3) is 0 Å². The average Bonchev–Trinajstić information content (AvgIpc) is 2.90. The summed E-state index contributed by atoms with van der Waals surface area (Å²) in [5.41, 5.74) is 0. The van der Waals surface area contributed by atoms with E-state index in [2.05, 4.69) is 9.89 Å². The SMILES string of the molecule is CC(=O)C[N+]1=C(CN2CCCCC2)N=C2C1C(=O)N(C)C(=O)N2C. The molecule has 1 unspecified atom stereocenters. The summed E-state index contributed by atoms with van der Waals surface area (Å²) in [6, 6.07) is -1.07. The first-order valence-corrected chi connectivity index (χ1v) is 8.38. The maximum Gasteiger partial charge on any atom is 0.333 e. The van der Waals surface area contributed by atoms with Gasteiger partial charge in [-0.15, -0.1) is 0 Å².